The van der Waals surface area contributed by atoms with Crippen LogP contribution in [0.4, 0.5) is 10.1 Å². The number of nitrogens with zero attached hydrogens (tertiary/aromatic N) is 3. The van der Waals surface area contributed by atoms with E-state index in [9.17, 15) is 22.4 Å². The first kappa shape index (κ1) is 22.8. The van der Waals surface area contributed by atoms with Crippen molar-refractivity contribution in [1.29, 1.82) is 0 Å². The Morgan fingerprint density at radius 1 is 1.12 bits per heavy atom. The summed E-state index contributed by atoms with van der Waals surface area (Å²) in [6, 6.07) is 13.3. The monoisotopic (exact) mass is 470 g/mol. The Morgan fingerprint density at radius 2 is 1.88 bits per heavy atom. The summed E-state index contributed by atoms with van der Waals surface area (Å²) in [4.78, 5) is 25.7. The molecule has 0 saturated heterocycles. The Morgan fingerprint density at radius 3 is 2.61 bits per heavy atom. The summed E-state index contributed by atoms with van der Waals surface area (Å²) in [6.07, 6.45) is 1.46. The number of halogens is 1. The SMILES string of the molecule is CC(=O)N1CCCc2cc(S(=O)(=O)NCCn3nc(-c4ccc(F)cc4)ccc3=O)ccc21. The highest BCUT2D eigenvalue weighted by atomic mass is 32.2. The molecule has 2 heterocycles. The molecule has 1 aliphatic heterocycles. The van der Waals surface area contributed by atoms with Gasteiger partial charge in [-0.15, -0.1) is 0 Å². The van der Waals surface area contributed by atoms with Crippen molar-refractivity contribution in [2.75, 3.05) is 18.0 Å². The molecule has 10 heteroatoms. The van der Waals surface area contributed by atoms with Crippen LogP contribution in [0.2, 0.25) is 0 Å². The van der Waals surface area contributed by atoms with E-state index >= 15 is 0 Å². The molecule has 4 rings (SSSR count). The van der Waals surface area contributed by atoms with Gasteiger partial charge in [-0.1, -0.05) is 0 Å². The van der Waals surface area contributed by atoms with Gasteiger partial charge < -0.3 is 4.90 Å². The zero-order valence-electron chi connectivity index (χ0n) is 18.0. The fraction of sp³-hybridized carbons (Fsp3) is 0.261. The fourth-order valence-corrected chi connectivity index (χ4v) is 4.89. The number of carbonyl (C=O) groups is 1. The predicted octanol–water partition coefficient (Wildman–Crippen LogP) is 2.33. The van der Waals surface area contributed by atoms with Gasteiger partial charge >= 0.3 is 0 Å². The molecule has 0 atom stereocenters. The molecule has 1 N–H and O–H groups in total. The van der Waals surface area contributed by atoms with Gasteiger partial charge in [0.2, 0.25) is 15.9 Å². The lowest BCUT2D eigenvalue weighted by atomic mass is 10.0. The lowest BCUT2D eigenvalue weighted by Crippen LogP contribution is -2.34. The molecule has 0 saturated carbocycles. The first-order chi connectivity index (χ1) is 15.7. The molecule has 1 aliphatic rings. The van der Waals surface area contributed by atoms with Gasteiger partial charge in [0.25, 0.3) is 5.56 Å². The Hall–Kier alpha value is -3.37. The molecule has 1 aromatic heterocycles. The van der Waals surface area contributed by atoms with E-state index < -0.39 is 10.0 Å². The van der Waals surface area contributed by atoms with Crippen LogP contribution in [0.15, 0.2) is 64.3 Å². The van der Waals surface area contributed by atoms with E-state index in [1.807, 2.05) is 0 Å². The summed E-state index contributed by atoms with van der Waals surface area (Å²) in [6.45, 7) is 2.09. The van der Waals surface area contributed by atoms with Crippen LogP contribution >= 0.6 is 0 Å². The zero-order chi connectivity index (χ0) is 23.6. The molecule has 0 radical (unpaired) electrons. The van der Waals surface area contributed by atoms with Gasteiger partial charge in [-0.05, 0) is 66.9 Å². The van der Waals surface area contributed by atoms with Crippen molar-refractivity contribution in [3.63, 3.8) is 0 Å². The summed E-state index contributed by atoms with van der Waals surface area (Å²) >= 11 is 0. The van der Waals surface area contributed by atoms with Crippen LogP contribution in [0.5, 0.6) is 0 Å². The third-order valence-electron chi connectivity index (χ3n) is 5.48. The minimum absolute atomic E-state index is 0.0240. The summed E-state index contributed by atoms with van der Waals surface area (Å²) in [5.74, 6) is -0.455. The maximum atomic E-state index is 13.2. The average Bonchev–Trinajstić information content (AvgIpc) is 2.80. The van der Waals surface area contributed by atoms with Crippen LogP contribution < -0.4 is 15.2 Å². The largest absolute Gasteiger partial charge is 0.312 e. The van der Waals surface area contributed by atoms with Gasteiger partial charge in [0, 0.05) is 37.3 Å². The fourth-order valence-electron chi connectivity index (χ4n) is 3.82. The average molecular weight is 471 g/mol. The van der Waals surface area contributed by atoms with Gasteiger partial charge in [0.05, 0.1) is 17.1 Å². The molecule has 0 bridgehead atoms. The number of anilines is 1. The molecule has 0 aliphatic carbocycles. The minimum atomic E-state index is -3.82. The predicted molar refractivity (Wildman–Crippen MR) is 122 cm³/mol. The number of amides is 1. The minimum Gasteiger partial charge on any atom is -0.312 e. The smallest absolute Gasteiger partial charge is 0.266 e. The summed E-state index contributed by atoms with van der Waals surface area (Å²) in [5, 5.41) is 4.26. The van der Waals surface area contributed by atoms with E-state index in [1.54, 1.807) is 29.2 Å². The number of carbonyl (C=O) groups excluding carboxylic acids is 1. The van der Waals surface area contributed by atoms with Gasteiger partial charge in [0.15, 0.2) is 0 Å². The third kappa shape index (κ3) is 5.01. The van der Waals surface area contributed by atoms with Gasteiger partial charge in [-0.3, -0.25) is 9.59 Å². The molecular formula is C23H23FN4O4S. The molecule has 172 valence electrons. The molecule has 2 aromatic carbocycles. The van der Waals surface area contributed by atoms with Crippen molar-refractivity contribution in [1.82, 2.24) is 14.5 Å². The van der Waals surface area contributed by atoms with Crippen molar-refractivity contribution >= 4 is 21.6 Å². The second-order valence-corrected chi connectivity index (χ2v) is 9.52. The van der Waals surface area contributed by atoms with Crippen molar-refractivity contribution in [3.05, 3.63) is 76.3 Å². The molecule has 0 unspecified atom stereocenters. The Kier molecular flexibility index (Phi) is 6.39. The van der Waals surface area contributed by atoms with Crippen LogP contribution in [0.1, 0.15) is 18.9 Å². The van der Waals surface area contributed by atoms with E-state index in [0.717, 1.165) is 17.7 Å². The molecule has 3 aromatic rings. The van der Waals surface area contributed by atoms with Crippen LogP contribution in [0, 0.1) is 5.82 Å². The number of hydrogen-bond donors (Lipinski definition) is 1. The van der Waals surface area contributed by atoms with Crippen LogP contribution in [-0.4, -0.2) is 37.2 Å². The summed E-state index contributed by atoms with van der Waals surface area (Å²) in [7, 11) is -3.82. The van der Waals surface area contributed by atoms with E-state index in [1.165, 1.54) is 41.9 Å². The topological polar surface area (TPSA) is 101 Å². The van der Waals surface area contributed by atoms with Crippen molar-refractivity contribution in [3.8, 4) is 11.3 Å². The number of rotatable bonds is 6. The normalized spacial score (nSPS) is 13.6. The lowest BCUT2D eigenvalue weighted by Gasteiger charge is -2.28. The highest BCUT2D eigenvalue weighted by molar-refractivity contribution is 7.89. The second kappa shape index (κ2) is 9.24. The molecule has 8 nitrogen and oxygen atoms in total. The molecule has 0 spiro atoms. The van der Waals surface area contributed by atoms with Gasteiger partial charge in [-0.2, -0.15) is 5.10 Å². The van der Waals surface area contributed by atoms with E-state index in [4.69, 9.17) is 0 Å². The van der Waals surface area contributed by atoms with E-state index in [0.29, 0.717) is 24.2 Å². The number of hydrogen-bond acceptors (Lipinski definition) is 5. The Balaban J connectivity index is 1.47. The number of aromatic nitrogens is 2. The lowest BCUT2D eigenvalue weighted by molar-refractivity contribution is -0.116. The number of sulfonamides is 1. The molecular weight excluding hydrogens is 447 g/mol. The van der Waals surface area contributed by atoms with Crippen LogP contribution in [0.25, 0.3) is 11.3 Å². The maximum absolute atomic E-state index is 13.2. The van der Waals surface area contributed by atoms with E-state index in [2.05, 4.69) is 9.82 Å². The van der Waals surface area contributed by atoms with Crippen LogP contribution in [-0.2, 0) is 27.8 Å². The Bertz CT molecular complexity index is 1350. The summed E-state index contributed by atoms with van der Waals surface area (Å²) < 4.78 is 42.4. The quantitative estimate of drug-likeness (QED) is 0.596. The standard InChI is InChI=1S/C23H23FN4O4S/c1-16(29)27-13-2-3-18-15-20(8-10-22(18)27)33(31,32)25-12-14-28-23(30)11-9-21(26-28)17-4-6-19(24)7-5-17/h4-11,15,25H,2-3,12-14H2,1H3. The third-order valence-corrected chi connectivity index (χ3v) is 6.94. The van der Waals surface area contributed by atoms with Crippen molar-refractivity contribution in [2.24, 2.45) is 0 Å². The number of aryl methyl sites for hydroxylation is 1. The first-order valence-electron chi connectivity index (χ1n) is 10.5. The highest BCUT2D eigenvalue weighted by Gasteiger charge is 2.23. The van der Waals surface area contributed by atoms with E-state index in [-0.39, 0.29) is 35.3 Å². The molecule has 1 amide bonds. The van der Waals surface area contributed by atoms with Gasteiger partial charge in [0.1, 0.15) is 5.82 Å². The van der Waals surface area contributed by atoms with Crippen molar-refractivity contribution < 1.29 is 17.6 Å². The zero-order valence-corrected chi connectivity index (χ0v) is 18.8. The summed E-state index contributed by atoms with van der Waals surface area (Å²) in [5.41, 5.74) is 2.28. The van der Waals surface area contributed by atoms with Crippen molar-refractivity contribution in [2.45, 2.75) is 31.2 Å². The number of nitrogens with one attached hydrogen (secondary N) is 1. The number of fused-ring (bicyclic) bond motifs is 1. The van der Waals surface area contributed by atoms with Gasteiger partial charge in [-0.25, -0.2) is 22.2 Å². The highest BCUT2D eigenvalue weighted by Crippen LogP contribution is 2.29. The first-order valence-corrected chi connectivity index (χ1v) is 12.0. The molecule has 0 fully saturated rings. The Labute approximate surface area is 190 Å². The molecule has 33 heavy (non-hydrogen) atoms. The second-order valence-electron chi connectivity index (χ2n) is 7.75. The van der Waals surface area contributed by atoms with Crippen LogP contribution in [0.3, 0.4) is 0 Å². The number of benzene rings is 2. The maximum Gasteiger partial charge on any atom is 0.266 e.